The van der Waals surface area contributed by atoms with Crippen LogP contribution >= 0.6 is 11.3 Å². The number of nitrogens with zero attached hydrogens (tertiary/aromatic N) is 2. The van der Waals surface area contributed by atoms with Gasteiger partial charge in [-0.3, -0.25) is 0 Å². The Balaban J connectivity index is 1.94. The Labute approximate surface area is 150 Å². The lowest BCUT2D eigenvalue weighted by atomic mass is 9.72. The molecule has 0 bridgehead atoms. The summed E-state index contributed by atoms with van der Waals surface area (Å²) in [6.45, 7) is 6.82. The molecule has 0 unspecified atom stereocenters. The minimum Gasteiger partial charge on any atom is -0.396 e. The van der Waals surface area contributed by atoms with Gasteiger partial charge in [0.25, 0.3) is 0 Å². The van der Waals surface area contributed by atoms with Crippen molar-refractivity contribution >= 4 is 17.3 Å². The summed E-state index contributed by atoms with van der Waals surface area (Å²) < 4.78 is 0. The quantitative estimate of drug-likeness (QED) is 0.497. The fraction of sp³-hybridized carbons (Fsp3) is 0.778. The van der Waals surface area contributed by atoms with Crippen molar-refractivity contribution in [2.45, 2.75) is 65.3 Å². The van der Waals surface area contributed by atoms with Gasteiger partial charge in [-0.2, -0.15) is 0 Å². The molecular formula is C18H32N4OS. The number of thiazole rings is 1. The molecule has 2 rings (SSSR count). The summed E-state index contributed by atoms with van der Waals surface area (Å²) in [5.74, 6) is 0.853. The van der Waals surface area contributed by atoms with Gasteiger partial charge in [-0.15, -0.1) is 11.3 Å². The summed E-state index contributed by atoms with van der Waals surface area (Å²) in [6, 6.07) is 0. The molecule has 136 valence electrons. The van der Waals surface area contributed by atoms with Gasteiger partial charge in [0.15, 0.2) is 5.96 Å². The number of nitrogens with one attached hydrogen (secondary N) is 2. The first-order valence-corrected chi connectivity index (χ1v) is 10.2. The molecule has 0 spiro atoms. The van der Waals surface area contributed by atoms with E-state index in [2.05, 4.69) is 39.8 Å². The SMILES string of the molecule is CCNC(=NCc1csc(CC)n1)NCC1(CCO)CCCCC1. The summed E-state index contributed by atoms with van der Waals surface area (Å²) in [4.78, 5) is 9.26. The van der Waals surface area contributed by atoms with Gasteiger partial charge < -0.3 is 15.7 Å². The van der Waals surface area contributed by atoms with E-state index in [1.807, 2.05) is 0 Å². The molecule has 1 aliphatic carbocycles. The van der Waals surface area contributed by atoms with E-state index in [1.165, 1.54) is 37.1 Å². The van der Waals surface area contributed by atoms with E-state index in [4.69, 9.17) is 0 Å². The minimum absolute atomic E-state index is 0.221. The molecule has 0 amide bonds. The van der Waals surface area contributed by atoms with Crippen molar-refractivity contribution < 1.29 is 5.11 Å². The lowest BCUT2D eigenvalue weighted by molar-refractivity contribution is 0.131. The first-order valence-electron chi connectivity index (χ1n) is 9.27. The van der Waals surface area contributed by atoms with Crippen molar-refractivity contribution in [3.8, 4) is 0 Å². The molecule has 0 aromatic carbocycles. The van der Waals surface area contributed by atoms with Crippen LogP contribution in [-0.4, -0.2) is 35.7 Å². The standard InChI is InChI=1S/C18H32N4OS/c1-3-16-22-15(13-24-16)12-20-17(19-4-2)21-14-18(10-11-23)8-6-5-7-9-18/h13,23H,3-12,14H2,1-2H3,(H2,19,20,21). The van der Waals surface area contributed by atoms with E-state index >= 15 is 0 Å². The van der Waals surface area contributed by atoms with Gasteiger partial charge in [-0.1, -0.05) is 26.2 Å². The van der Waals surface area contributed by atoms with Gasteiger partial charge in [-0.25, -0.2) is 9.98 Å². The second-order valence-electron chi connectivity index (χ2n) is 6.67. The Morgan fingerprint density at radius 3 is 2.71 bits per heavy atom. The average Bonchev–Trinajstić information content (AvgIpc) is 3.07. The molecule has 24 heavy (non-hydrogen) atoms. The molecule has 1 saturated carbocycles. The van der Waals surface area contributed by atoms with Crippen molar-refractivity contribution in [3.63, 3.8) is 0 Å². The summed E-state index contributed by atoms with van der Waals surface area (Å²) >= 11 is 1.71. The van der Waals surface area contributed by atoms with Gasteiger partial charge in [-0.05, 0) is 38.0 Å². The largest absolute Gasteiger partial charge is 0.396 e. The highest BCUT2D eigenvalue weighted by molar-refractivity contribution is 7.09. The fourth-order valence-corrected chi connectivity index (χ4v) is 4.15. The summed E-state index contributed by atoms with van der Waals surface area (Å²) in [6.07, 6.45) is 8.13. The van der Waals surface area contributed by atoms with Crippen LogP contribution in [0.2, 0.25) is 0 Å². The Bertz CT molecular complexity index is 503. The van der Waals surface area contributed by atoms with E-state index < -0.39 is 0 Å². The van der Waals surface area contributed by atoms with Crippen molar-refractivity contribution in [2.75, 3.05) is 19.7 Å². The zero-order valence-electron chi connectivity index (χ0n) is 15.1. The predicted octanol–water partition coefficient (Wildman–Crippen LogP) is 3.09. The molecule has 1 fully saturated rings. The first-order chi connectivity index (χ1) is 11.7. The van der Waals surface area contributed by atoms with Crippen molar-refractivity contribution in [1.82, 2.24) is 15.6 Å². The van der Waals surface area contributed by atoms with Gasteiger partial charge >= 0.3 is 0 Å². The maximum absolute atomic E-state index is 9.45. The van der Waals surface area contributed by atoms with Gasteiger partial charge in [0.2, 0.25) is 0 Å². The zero-order valence-corrected chi connectivity index (χ0v) is 15.9. The van der Waals surface area contributed by atoms with Crippen molar-refractivity contribution in [3.05, 3.63) is 16.1 Å². The van der Waals surface area contributed by atoms with Crippen molar-refractivity contribution in [2.24, 2.45) is 10.4 Å². The number of aliphatic hydroxyl groups is 1. The number of rotatable bonds is 8. The third kappa shape index (κ3) is 5.74. The van der Waals surface area contributed by atoms with Crippen LogP contribution in [0.5, 0.6) is 0 Å². The minimum atomic E-state index is 0.221. The van der Waals surface area contributed by atoms with Gasteiger partial charge in [0.05, 0.1) is 17.2 Å². The average molecular weight is 353 g/mol. The highest BCUT2D eigenvalue weighted by atomic mass is 32.1. The number of hydrogen-bond acceptors (Lipinski definition) is 4. The molecular weight excluding hydrogens is 320 g/mol. The third-order valence-corrected chi connectivity index (χ3v) is 5.87. The normalized spacial score (nSPS) is 17.7. The Morgan fingerprint density at radius 1 is 1.29 bits per heavy atom. The molecule has 0 aliphatic heterocycles. The van der Waals surface area contributed by atoms with Gasteiger partial charge in [0.1, 0.15) is 0 Å². The Kier molecular flexibility index (Phi) is 7.99. The topological polar surface area (TPSA) is 69.5 Å². The molecule has 6 heteroatoms. The van der Waals surface area contributed by atoms with E-state index in [0.717, 1.165) is 37.6 Å². The lowest BCUT2D eigenvalue weighted by Gasteiger charge is -2.37. The molecule has 3 N–H and O–H groups in total. The van der Waals surface area contributed by atoms with Crippen LogP contribution in [-0.2, 0) is 13.0 Å². The molecule has 1 heterocycles. The maximum atomic E-state index is 9.45. The van der Waals surface area contributed by atoms with E-state index in [1.54, 1.807) is 11.3 Å². The molecule has 0 atom stereocenters. The predicted molar refractivity (Wildman–Crippen MR) is 102 cm³/mol. The number of aliphatic imine (C=N–C) groups is 1. The smallest absolute Gasteiger partial charge is 0.191 e. The summed E-state index contributed by atoms with van der Waals surface area (Å²) in [5.41, 5.74) is 1.26. The van der Waals surface area contributed by atoms with E-state index in [0.29, 0.717) is 6.54 Å². The first kappa shape index (κ1) is 19.2. The number of aromatic nitrogens is 1. The van der Waals surface area contributed by atoms with Gasteiger partial charge in [0, 0.05) is 25.1 Å². The zero-order chi connectivity index (χ0) is 17.3. The Morgan fingerprint density at radius 2 is 2.08 bits per heavy atom. The molecule has 1 aromatic heterocycles. The highest BCUT2D eigenvalue weighted by Crippen LogP contribution is 2.38. The van der Waals surface area contributed by atoms with Crippen LogP contribution in [0.25, 0.3) is 0 Å². The monoisotopic (exact) mass is 352 g/mol. The molecule has 5 nitrogen and oxygen atoms in total. The number of guanidine groups is 1. The highest BCUT2D eigenvalue weighted by Gasteiger charge is 2.31. The lowest BCUT2D eigenvalue weighted by Crippen LogP contribution is -2.44. The molecule has 0 radical (unpaired) electrons. The molecule has 1 aromatic rings. The van der Waals surface area contributed by atoms with Crippen LogP contribution in [0, 0.1) is 5.41 Å². The Hall–Kier alpha value is -1.14. The van der Waals surface area contributed by atoms with Crippen LogP contribution in [0.4, 0.5) is 0 Å². The van der Waals surface area contributed by atoms with Crippen LogP contribution < -0.4 is 10.6 Å². The van der Waals surface area contributed by atoms with Crippen molar-refractivity contribution in [1.29, 1.82) is 0 Å². The van der Waals surface area contributed by atoms with Crippen LogP contribution in [0.3, 0.4) is 0 Å². The van der Waals surface area contributed by atoms with E-state index in [9.17, 15) is 5.11 Å². The fourth-order valence-electron chi connectivity index (χ4n) is 3.41. The number of aryl methyl sites for hydroxylation is 1. The second kappa shape index (κ2) is 9.99. The number of hydrogen-bond donors (Lipinski definition) is 3. The summed E-state index contributed by atoms with van der Waals surface area (Å²) in [7, 11) is 0. The molecule has 0 saturated heterocycles. The third-order valence-electron chi connectivity index (χ3n) is 4.83. The summed E-state index contributed by atoms with van der Waals surface area (Å²) in [5, 5.41) is 19.6. The van der Waals surface area contributed by atoms with E-state index in [-0.39, 0.29) is 12.0 Å². The van der Waals surface area contributed by atoms with Crippen LogP contribution in [0.15, 0.2) is 10.4 Å². The second-order valence-corrected chi connectivity index (χ2v) is 7.61. The number of aliphatic hydroxyl groups excluding tert-OH is 1. The molecule has 1 aliphatic rings. The maximum Gasteiger partial charge on any atom is 0.191 e. The van der Waals surface area contributed by atoms with Crippen LogP contribution in [0.1, 0.15) is 63.1 Å².